The number of anilines is 12. The van der Waals surface area contributed by atoms with E-state index in [9.17, 15) is 0 Å². The van der Waals surface area contributed by atoms with Gasteiger partial charge in [-0.3, -0.25) is 0 Å². The van der Waals surface area contributed by atoms with Crippen LogP contribution in [0.5, 0.6) is 0 Å². The summed E-state index contributed by atoms with van der Waals surface area (Å²) in [5.74, 6) is 0. The van der Waals surface area contributed by atoms with E-state index in [1.807, 2.05) is 0 Å². The molecular weight excluding hydrogens is 1570 g/mol. The Kier molecular flexibility index (Phi) is 22.7. The third kappa shape index (κ3) is 16.9. The van der Waals surface area contributed by atoms with Crippen molar-refractivity contribution in [3.8, 4) is 134 Å². The minimum Gasteiger partial charge on any atom is -0.311 e. The maximum Gasteiger partial charge on any atom is 0.0462 e. The van der Waals surface area contributed by atoms with Crippen molar-refractivity contribution in [2.45, 2.75) is 0 Å². The number of benzene rings is 21. The Balaban J connectivity index is 0.521. The molecule has 0 N–H and O–H groups in total. The largest absolute Gasteiger partial charge is 0.311 e. The molecule has 0 atom stereocenters. The van der Waals surface area contributed by atoms with Crippen molar-refractivity contribution >= 4 is 68.2 Å². The lowest BCUT2D eigenvalue weighted by molar-refractivity contribution is 1.28. The predicted molar refractivity (Wildman–Crippen MR) is 550 cm³/mol. The van der Waals surface area contributed by atoms with Crippen LogP contribution in [0, 0.1) is 0 Å². The SMILES string of the molecule is c1ccc(-c2ccccc2-c2ccc(N(c3ccc(-c4ccc(N(c5ccccc5)c5ccc(-c6cccc(-c7ccc(N(c8ccccc8)c8ccc(-c9ccc(N(c%10ccc(-c%11ccccc%11-c%11ccccc%11)cc%10)c%10ccc(-c%11ccccc%11-c%11ccccc%11)cc%10)cc9)cc8)cc7)c6)cc5)cc4)cc3)c3ccc(-c4ccccc4-c4ccccc4)cc3)cc2)cc1. The number of hydrogen-bond acceptors (Lipinski definition) is 4. The van der Waals surface area contributed by atoms with Crippen LogP contribution < -0.4 is 19.6 Å². The average Bonchev–Trinajstić information content (AvgIpc) is 0.774. The van der Waals surface area contributed by atoms with Crippen LogP contribution in [0.15, 0.2) is 546 Å². The van der Waals surface area contributed by atoms with E-state index >= 15 is 0 Å². The molecule has 4 nitrogen and oxygen atoms in total. The van der Waals surface area contributed by atoms with Crippen LogP contribution in [0.1, 0.15) is 0 Å². The van der Waals surface area contributed by atoms with Gasteiger partial charge in [0.1, 0.15) is 0 Å². The standard InChI is InChI=1S/C126H90N4/c1-7-28-97(29-8-1)119-42-19-23-46-123(119)101-62-82-115(83-63-101)129(116-84-64-102(65-85-116)124-47-24-20-43-120(124)98-30-9-2-10-31-98)113-74-54-93(55-75-113)91-50-70-109(71-51-91)127(107-38-15-5-16-39-107)111-78-58-95(59-79-111)105-36-27-37-106(90-105)96-60-80-112(81-61-96)128(108-40-17-6-18-41-108)110-72-52-92(53-73-110)94-56-76-114(77-57-94)130(117-86-66-103(67-87-117)125-48-25-21-44-121(125)99-32-11-3-12-33-99)118-88-68-104(69-89-118)126-49-26-22-45-122(126)100-34-13-4-14-35-100/h1-90H. The van der Waals surface area contributed by atoms with Gasteiger partial charge in [0.15, 0.2) is 0 Å². The maximum atomic E-state index is 2.36. The zero-order chi connectivity index (χ0) is 86.7. The van der Waals surface area contributed by atoms with E-state index in [2.05, 4.69) is 566 Å². The van der Waals surface area contributed by atoms with Crippen molar-refractivity contribution in [1.29, 1.82) is 0 Å². The molecule has 0 saturated carbocycles. The molecule has 21 aromatic carbocycles. The Bertz CT molecular complexity index is 6690. The number of hydrogen-bond donors (Lipinski definition) is 0. The Morgan fingerprint density at radius 2 is 0.192 bits per heavy atom. The molecule has 0 fully saturated rings. The van der Waals surface area contributed by atoms with E-state index in [4.69, 9.17) is 0 Å². The molecule has 0 spiro atoms. The van der Waals surface area contributed by atoms with Crippen LogP contribution in [0.2, 0.25) is 0 Å². The summed E-state index contributed by atoms with van der Waals surface area (Å²) in [6.07, 6.45) is 0. The molecule has 0 heterocycles. The molecule has 0 radical (unpaired) electrons. The summed E-state index contributed by atoms with van der Waals surface area (Å²) < 4.78 is 0. The first-order chi connectivity index (χ1) is 64.5. The molecule has 0 aliphatic rings. The fourth-order valence-corrected chi connectivity index (χ4v) is 18.2. The van der Waals surface area contributed by atoms with Crippen LogP contribution in [0.3, 0.4) is 0 Å². The van der Waals surface area contributed by atoms with Crippen LogP contribution in [0.25, 0.3) is 134 Å². The van der Waals surface area contributed by atoms with Gasteiger partial charge in [0, 0.05) is 68.2 Å². The third-order valence-electron chi connectivity index (χ3n) is 24.8. The van der Waals surface area contributed by atoms with Gasteiger partial charge in [-0.05, 0) is 285 Å². The fraction of sp³-hybridized carbons (Fsp3) is 0. The van der Waals surface area contributed by atoms with E-state index in [1.165, 1.54) is 66.8 Å². The first-order valence-electron chi connectivity index (χ1n) is 44.5. The third-order valence-corrected chi connectivity index (χ3v) is 24.8. The highest BCUT2D eigenvalue weighted by molar-refractivity contribution is 5.93. The first-order valence-corrected chi connectivity index (χ1v) is 44.5. The molecule has 614 valence electrons. The van der Waals surface area contributed by atoms with E-state index in [1.54, 1.807) is 0 Å². The van der Waals surface area contributed by atoms with Crippen molar-refractivity contribution in [2.24, 2.45) is 0 Å². The summed E-state index contributed by atoms with van der Waals surface area (Å²) in [5, 5.41) is 0. The van der Waals surface area contributed by atoms with Gasteiger partial charge in [0.2, 0.25) is 0 Å². The van der Waals surface area contributed by atoms with Gasteiger partial charge in [0.25, 0.3) is 0 Å². The lowest BCUT2D eigenvalue weighted by Gasteiger charge is -2.27. The summed E-state index contributed by atoms with van der Waals surface area (Å²) >= 11 is 0. The molecule has 0 saturated heterocycles. The molecule has 0 amide bonds. The smallest absolute Gasteiger partial charge is 0.0462 e. The van der Waals surface area contributed by atoms with Gasteiger partial charge in [-0.15, -0.1) is 0 Å². The Morgan fingerprint density at radius 3 is 0.362 bits per heavy atom. The summed E-state index contributed by atoms with van der Waals surface area (Å²) in [5.41, 5.74) is 41.0. The van der Waals surface area contributed by atoms with Crippen molar-refractivity contribution in [3.63, 3.8) is 0 Å². The highest BCUT2D eigenvalue weighted by Crippen LogP contribution is 2.47. The molecule has 21 aromatic rings. The predicted octanol–water partition coefficient (Wildman–Crippen LogP) is 35.6. The molecule has 0 bridgehead atoms. The van der Waals surface area contributed by atoms with Crippen LogP contribution in [0.4, 0.5) is 68.2 Å². The maximum absolute atomic E-state index is 2.36. The topological polar surface area (TPSA) is 13.0 Å². The quantitative estimate of drug-likeness (QED) is 0.0598. The van der Waals surface area contributed by atoms with Crippen molar-refractivity contribution in [1.82, 2.24) is 0 Å². The molecule has 0 aliphatic heterocycles. The molecule has 0 aliphatic carbocycles. The van der Waals surface area contributed by atoms with E-state index in [0.717, 1.165) is 135 Å². The van der Waals surface area contributed by atoms with Crippen LogP contribution in [-0.4, -0.2) is 0 Å². The second kappa shape index (κ2) is 36.9. The zero-order valence-electron chi connectivity index (χ0n) is 71.8. The number of nitrogens with zero attached hydrogens (tertiary/aromatic N) is 4. The van der Waals surface area contributed by atoms with Crippen LogP contribution in [-0.2, 0) is 0 Å². The number of rotatable bonds is 24. The highest BCUT2D eigenvalue weighted by Gasteiger charge is 2.22. The average molecular weight is 1660 g/mol. The second-order valence-corrected chi connectivity index (χ2v) is 32.7. The highest BCUT2D eigenvalue weighted by atomic mass is 15.2. The minimum atomic E-state index is 1.06. The lowest BCUT2D eigenvalue weighted by atomic mass is 9.94. The van der Waals surface area contributed by atoms with Gasteiger partial charge in [-0.25, -0.2) is 0 Å². The summed E-state index contributed by atoms with van der Waals surface area (Å²) in [7, 11) is 0. The Morgan fingerprint density at radius 1 is 0.0769 bits per heavy atom. The molecule has 0 aromatic heterocycles. The molecule has 4 heteroatoms. The Hall–Kier alpha value is -17.2. The minimum absolute atomic E-state index is 1.06. The first kappa shape index (κ1) is 80.0. The van der Waals surface area contributed by atoms with Gasteiger partial charge in [-0.2, -0.15) is 0 Å². The normalized spacial score (nSPS) is 11.1. The molecule has 130 heavy (non-hydrogen) atoms. The van der Waals surface area contributed by atoms with E-state index in [0.29, 0.717) is 0 Å². The summed E-state index contributed by atoms with van der Waals surface area (Å²) in [6, 6.07) is 198. The number of para-hydroxylation sites is 2. The second-order valence-electron chi connectivity index (χ2n) is 32.7. The van der Waals surface area contributed by atoms with Crippen LogP contribution >= 0.6 is 0 Å². The monoisotopic (exact) mass is 1660 g/mol. The summed E-state index contributed by atoms with van der Waals surface area (Å²) in [4.78, 5) is 9.40. The molecule has 0 unspecified atom stereocenters. The van der Waals surface area contributed by atoms with Crippen molar-refractivity contribution in [2.75, 3.05) is 19.6 Å². The fourth-order valence-electron chi connectivity index (χ4n) is 18.2. The Labute approximate surface area is 762 Å². The van der Waals surface area contributed by atoms with Gasteiger partial charge in [-0.1, -0.05) is 394 Å². The van der Waals surface area contributed by atoms with Crippen molar-refractivity contribution < 1.29 is 0 Å². The van der Waals surface area contributed by atoms with Crippen molar-refractivity contribution in [3.05, 3.63) is 546 Å². The zero-order valence-corrected chi connectivity index (χ0v) is 71.8. The summed E-state index contributed by atoms with van der Waals surface area (Å²) in [6.45, 7) is 0. The van der Waals surface area contributed by atoms with Gasteiger partial charge < -0.3 is 19.6 Å². The van der Waals surface area contributed by atoms with Gasteiger partial charge in [0.05, 0.1) is 0 Å². The van der Waals surface area contributed by atoms with E-state index in [-0.39, 0.29) is 0 Å². The van der Waals surface area contributed by atoms with Gasteiger partial charge >= 0.3 is 0 Å². The lowest BCUT2D eigenvalue weighted by Crippen LogP contribution is -2.10. The molecule has 21 rings (SSSR count). The van der Waals surface area contributed by atoms with E-state index < -0.39 is 0 Å². The molecular formula is C126H90N4.